The van der Waals surface area contributed by atoms with Crippen molar-refractivity contribution in [1.82, 2.24) is 19.8 Å². The third-order valence-corrected chi connectivity index (χ3v) is 3.62. The Bertz CT molecular complexity index is 522. The van der Waals surface area contributed by atoms with Crippen molar-refractivity contribution in [2.24, 2.45) is 0 Å². The number of nitrogens with two attached hydrogens (primary N) is 1. The molecule has 1 aromatic heterocycles. The number of nitrogen functional groups attached to an aromatic ring is 1. The summed E-state index contributed by atoms with van der Waals surface area (Å²) in [7, 11) is -2.39. The molecule has 0 atom stereocenters. The smallest absolute Gasteiger partial charge is 0.246 e. The van der Waals surface area contributed by atoms with E-state index in [1.165, 1.54) is 17.9 Å². The van der Waals surface area contributed by atoms with E-state index in [0.717, 1.165) is 6.42 Å². The Morgan fingerprint density at radius 2 is 2.22 bits per heavy atom. The summed E-state index contributed by atoms with van der Waals surface area (Å²) in [5.41, 5.74) is 5.54. The van der Waals surface area contributed by atoms with E-state index >= 15 is 0 Å². The highest BCUT2D eigenvalue weighted by Gasteiger charge is 2.21. The number of likely N-dealkylation sites (N-methyl/N-ethyl adjacent to an activating group) is 1. The number of amides is 1. The molecule has 1 amide bonds. The van der Waals surface area contributed by atoms with Crippen molar-refractivity contribution >= 4 is 21.7 Å². The van der Waals surface area contributed by atoms with Gasteiger partial charge in [0.15, 0.2) is 5.82 Å². The van der Waals surface area contributed by atoms with Crippen molar-refractivity contribution in [3.8, 4) is 0 Å². The summed E-state index contributed by atoms with van der Waals surface area (Å²) in [4.78, 5) is 10.9. The number of hydrogen-bond donors (Lipinski definition) is 3. The Morgan fingerprint density at radius 3 is 2.78 bits per heavy atom. The molecule has 0 aliphatic carbocycles. The van der Waals surface area contributed by atoms with Crippen LogP contribution in [0, 0.1) is 0 Å². The van der Waals surface area contributed by atoms with Gasteiger partial charge < -0.3 is 11.1 Å². The van der Waals surface area contributed by atoms with Crippen molar-refractivity contribution in [3.63, 3.8) is 0 Å². The number of aromatic nitrogens is 2. The monoisotopic (exact) mass is 275 g/mol. The molecule has 0 aliphatic heterocycles. The van der Waals surface area contributed by atoms with Crippen LogP contribution in [0.2, 0.25) is 0 Å². The van der Waals surface area contributed by atoms with Gasteiger partial charge in [-0.1, -0.05) is 6.92 Å². The zero-order valence-electron chi connectivity index (χ0n) is 10.3. The number of hydrogen-bond acceptors (Lipinski definition) is 5. The lowest BCUT2D eigenvalue weighted by Gasteiger charge is -2.04. The summed E-state index contributed by atoms with van der Waals surface area (Å²) in [5.74, 6) is -0.508. The zero-order chi connectivity index (χ0) is 13.8. The van der Waals surface area contributed by atoms with Gasteiger partial charge in [0, 0.05) is 19.8 Å². The first-order valence-corrected chi connectivity index (χ1v) is 6.92. The molecule has 0 radical (unpaired) electrons. The molecule has 0 spiro atoms. The number of aryl methyl sites for hydroxylation is 1. The molecule has 9 heteroatoms. The van der Waals surface area contributed by atoms with Gasteiger partial charge in [0.25, 0.3) is 0 Å². The molecule has 0 unspecified atom stereocenters. The second-order valence-corrected chi connectivity index (χ2v) is 5.37. The van der Waals surface area contributed by atoms with Crippen LogP contribution in [0.25, 0.3) is 0 Å². The molecule has 0 saturated heterocycles. The van der Waals surface area contributed by atoms with Gasteiger partial charge in [-0.2, -0.15) is 5.10 Å². The number of nitrogens with zero attached hydrogens (tertiary/aromatic N) is 2. The summed E-state index contributed by atoms with van der Waals surface area (Å²) in [6.45, 7) is 2.18. The zero-order valence-corrected chi connectivity index (χ0v) is 11.1. The molecule has 0 saturated carbocycles. The molecule has 1 heterocycles. The third-order valence-electron chi connectivity index (χ3n) is 2.20. The Hall–Kier alpha value is -1.61. The van der Waals surface area contributed by atoms with E-state index in [2.05, 4.69) is 15.1 Å². The Kier molecular flexibility index (Phi) is 4.68. The molecule has 8 nitrogen and oxygen atoms in total. The summed E-state index contributed by atoms with van der Waals surface area (Å²) in [6.07, 6.45) is 2.16. The number of rotatable bonds is 6. The minimum atomic E-state index is -3.81. The molecule has 102 valence electrons. The molecule has 0 fully saturated rings. The molecule has 18 heavy (non-hydrogen) atoms. The first kappa shape index (κ1) is 14.5. The maximum absolute atomic E-state index is 11.9. The van der Waals surface area contributed by atoms with Crippen molar-refractivity contribution in [2.75, 3.05) is 19.3 Å². The average molecular weight is 275 g/mol. The van der Waals surface area contributed by atoms with Gasteiger partial charge >= 0.3 is 0 Å². The highest BCUT2D eigenvalue weighted by molar-refractivity contribution is 7.89. The molecule has 4 N–H and O–H groups in total. The maximum atomic E-state index is 11.9. The topological polar surface area (TPSA) is 119 Å². The minimum Gasteiger partial charge on any atom is -0.381 e. The fourth-order valence-corrected chi connectivity index (χ4v) is 2.35. The standard InChI is InChI=1S/C9H17N5O3S/c1-3-4-14-6-7(9(10)13-14)18(16,17)12-5-8(15)11-2/h6,12H,3-5H2,1-2H3,(H2,10,13)(H,11,15). The highest BCUT2D eigenvalue weighted by atomic mass is 32.2. The molecule has 0 aromatic carbocycles. The van der Waals surface area contributed by atoms with Gasteiger partial charge in [-0.25, -0.2) is 13.1 Å². The summed E-state index contributed by atoms with van der Waals surface area (Å²) >= 11 is 0. The molecule has 1 aromatic rings. The summed E-state index contributed by atoms with van der Waals surface area (Å²) in [6, 6.07) is 0. The van der Waals surface area contributed by atoms with Gasteiger partial charge in [-0.05, 0) is 6.42 Å². The van der Waals surface area contributed by atoms with Gasteiger partial charge in [-0.3, -0.25) is 9.48 Å². The van der Waals surface area contributed by atoms with Gasteiger partial charge in [0.1, 0.15) is 4.90 Å². The number of anilines is 1. The fraction of sp³-hybridized carbons (Fsp3) is 0.556. The average Bonchev–Trinajstić information content (AvgIpc) is 2.68. The molecule has 0 aliphatic rings. The maximum Gasteiger partial charge on any atom is 0.246 e. The van der Waals surface area contributed by atoms with Crippen LogP contribution in [0.3, 0.4) is 0 Å². The third kappa shape index (κ3) is 3.44. The number of nitrogens with one attached hydrogen (secondary N) is 2. The van der Waals surface area contributed by atoms with Crippen LogP contribution < -0.4 is 15.8 Å². The predicted molar refractivity (Wildman–Crippen MR) is 66.2 cm³/mol. The van der Waals surface area contributed by atoms with Crippen LogP contribution >= 0.6 is 0 Å². The van der Waals surface area contributed by atoms with E-state index in [0.29, 0.717) is 6.54 Å². The fourth-order valence-electron chi connectivity index (χ4n) is 1.30. The number of carbonyl (C=O) groups excluding carboxylic acids is 1. The largest absolute Gasteiger partial charge is 0.381 e. The lowest BCUT2D eigenvalue weighted by Crippen LogP contribution is -2.35. The van der Waals surface area contributed by atoms with Crippen LogP contribution in [0.5, 0.6) is 0 Å². The second-order valence-electron chi connectivity index (χ2n) is 3.64. The number of carbonyl (C=O) groups is 1. The molecule has 0 bridgehead atoms. The number of sulfonamides is 1. The van der Waals surface area contributed by atoms with E-state index in [1.807, 2.05) is 6.92 Å². The molecular weight excluding hydrogens is 258 g/mol. The lowest BCUT2D eigenvalue weighted by atomic mass is 10.5. The highest BCUT2D eigenvalue weighted by Crippen LogP contribution is 2.15. The van der Waals surface area contributed by atoms with E-state index in [-0.39, 0.29) is 17.3 Å². The second kappa shape index (κ2) is 5.83. The van der Waals surface area contributed by atoms with Crippen molar-refractivity contribution in [3.05, 3.63) is 6.20 Å². The summed E-state index contributed by atoms with van der Waals surface area (Å²) in [5, 5.41) is 6.20. The Balaban J connectivity index is 2.87. The van der Waals surface area contributed by atoms with E-state index in [4.69, 9.17) is 5.73 Å². The van der Waals surface area contributed by atoms with Crippen LogP contribution in [-0.4, -0.2) is 37.7 Å². The quantitative estimate of drug-likeness (QED) is 0.609. The summed E-state index contributed by atoms with van der Waals surface area (Å²) < 4.78 is 27.3. The van der Waals surface area contributed by atoms with E-state index in [1.54, 1.807) is 0 Å². The van der Waals surface area contributed by atoms with Crippen molar-refractivity contribution in [1.29, 1.82) is 0 Å². The first-order valence-electron chi connectivity index (χ1n) is 5.44. The predicted octanol–water partition coefficient (Wildman–Crippen LogP) is -1.10. The van der Waals surface area contributed by atoms with Crippen molar-refractivity contribution < 1.29 is 13.2 Å². The molecular formula is C9H17N5O3S. The van der Waals surface area contributed by atoms with E-state index < -0.39 is 15.9 Å². The van der Waals surface area contributed by atoms with Gasteiger partial charge in [-0.15, -0.1) is 0 Å². The van der Waals surface area contributed by atoms with Gasteiger partial charge in [0.05, 0.1) is 6.54 Å². The normalized spacial score (nSPS) is 11.4. The Labute approximate surface area is 106 Å². The van der Waals surface area contributed by atoms with Crippen LogP contribution in [0.1, 0.15) is 13.3 Å². The van der Waals surface area contributed by atoms with E-state index in [9.17, 15) is 13.2 Å². The van der Waals surface area contributed by atoms with Crippen LogP contribution in [0.15, 0.2) is 11.1 Å². The van der Waals surface area contributed by atoms with Crippen molar-refractivity contribution in [2.45, 2.75) is 24.8 Å². The van der Waals surface area contributed by atoms with Gasteiger partial charge in [0.2, 0.25) is 15.9 Å². The first-order chi connectivity index (χ1) is 8.40. The SMILES string of the molecule is CCCn1cc(S(=O)(=O)NCC(=O)NC)c(N)n1. The molecule has 1 rings (SSSR count). The van der Waals surface area contributed by atoms with Crippen LogP contribution in [-0.2, 0) is 21.4 Å². The lowest BCUT2D eigenvalue weighted by molar-refractivity contribution is -0.119. The minimum absolute atomic E-state index is 0.0761. The van der Waals surface area contributed by atoms with Crippen LogP contribution in [0.4, 0.5) is 5.82 Å². The Morgan fingerprint density at radius 1 is 1.56 bits per heavy atom.